The lowest BCUT2D eigenvalue weighted by molar-refractivity contribution is -0.274. The molecule has 0 amide bonds. The first-order chi connectivity index (χ1) is 16.8. The molecular weight excluding hydrogens is 461 g/mol. The van der Waals surface area contributed by atoms with Crippen molar-refractivity contribution >= 4 is 6.01 Å². The number of hydrogen-bond donors (Lipinski definition) is 0. The van der Waals surface area contributed by atoms with E-state index in [0.29, 0.717) is 29.6 Å². The van der Waals surface area contributed by atoms with Gasteiger partial charge < -0.3 is 14.2 Å². The molecule has 3 aliphatic rings. The van der Waals surface area contributed by atoms with Gasteiger partial charge in [-0.1, -0.05) is 17.3 Å². The van der Waals surface area contributed by atoms with Crippen LogP contribution in [-0.2, 0) is 13.0 Å². The van der Waals surface area contributed by atoms with Crippen LogP contribution in [0.15, 0.2) is 28.8 Å². The van der Waals surface area contributed by atoms with Gasteiger partial charge in [-0.05, 0) is 68.1 Å². The van der Waals surface area contributed by atoms with Gasteiger partial charge in [0.15, 0.2) is 11.6 Å². The highest BCUT2D eigenvalue weighted by Gasteiger charge is 2.44. The molecule has 1 saturated carbocycles. The van der Waals surface area contributed by atoms with E-state index in [0.717, 1.165) is 56.1 Å². The van der Waals surface area contributed by atoms with Crippen LogP contribution in [0.3, 0.4) is 0 Å². The molecule has 2 bridgehead atoms. The number of hydrogen-bond acceptors (Lipinski definition) is 7. The summed E-state index contributed by atoms with van der Waals surface area (Å²) >= 11 is 0. The number of halogens is 3. The van der Waals surface area contributed by atoms with Crippen molar-refractivity contribution in [2.24, 2.45) is 17.8 Å². The summed E-state index contributed by atoms with van der Waals surface area (Å²) in [4.78, 5) is 11.6. The molecule has 4 atom stereocenters. The second kappa shape index (κ2) is 8.53. The first kappa shape index (κ1) is 22.4. The average Bonchev–Trinajstić information content (AvgIpc) is 3.48. The van der Waals surface area contributed by atoms with Gasteiger partial charge in [0.2, 0.25) is 0 Å². The third-order valence-corrected chi connectivity index (χ3v) is 7.67. The molecule has 0 spiro atoms. The Morgan fingerprint density at radius 2 is 1.80 bits per heavy atom. The van der Waals surface area contributed by atoms with Crippen molar-refractivity contribution in [1.29, 1.82) is 0 Å². The summed E-state index contributed by atoms with van der Waals surface area (Å²) in [6.45, 7) is 4.46. The summed E-state index contributed by atoms with van der Waals surface area (Å²) in [5, 5.41) is 8.77. The lowest BCUT2D eigenvalue weighted by atomic mass is 9.82. The summed E-state index contributed by atoms with van der Waals surface area (Å²) in [6, 6.07) is 6.75. The highest BCUT2D eigenvalue weighted by molar-refractivity contribution is 5.33. The monoisotopic (exact) mass is 488 g/mol. The van der Waals surface area contributed by atoms with Crippen molar-refractivity contribution in [1.82, 2.24) is 24.9 Å². The number of ether oxygens (including phenoxy) is 1. The zero-order valence-corrected chi connectivity index (χ0v) is 19.4. The van der Waals surface area contributed by atoms with Gasteiger partial charge in [-0.25, -0.2) is 9.67 Å². The maximum atomic E-state index is 12.5. The molecule has 6 rings (SSSR count). The van der Waals surface area contributed by atoms with Gasteiger partial charge in [0.1, 0.15) is 11.6 Å². The predicted octanol–water partition coefficient (Wildman–Crippen LogP) is 4.50. The number of nitrogens with zero attached hydrogens (tertiary/aromatic N) is 6. The van der Waals surface area contributed by atoms with E-state index in [1.54, 1.807) is 12.1 Å². The lowest BCUT2D eigenvalue weighted by Crippen LogP contribution is -2.43. The van der Waals surface area contributed by atoms with Crippen molar-refractivity contribution in [3.63, 3.8) is 0 Å². The minimum absolute atomic E-state index is 0.0178. The van der Waals surface area contributed by atoms with Gasteiger partial charge >= 0.3 is 12.4 Å². The summed E-state index contributed by atoms with van der Waals surface area (Å²) < 4.78 is 48.9. The molecule has 35 heavy (non-hydrogen) atoms. The van der Waals surface area contributed by atoms with Gasteiger partial charge in [0.05, 0.1) is 0 Å². The molecule has 3 aromatic rings. The molecule has 2 aliphatic heterocycles. The van der Waals surface area contributed by atoms with Crippen LogP contribution < -0.4 is 9.64 Å². The Bertz CT molecular complexity index is 1180. The highest BCUT2D eigenvalue weighted by atomic mass is 19.4. The molecule has 186 valence electrons. The zero-order chi connectivity index (χ0) is 24.2. The largest absolute Gasteiger partial charge is 0.573 e. The normalized spacial score (nSPS) is 26.1. The van der Waals surface area contributed by atoms with Crippen LogP contribution in [0.5, 0.6) is 5.75 Å². The third kappa shape index (κ3) is 4.48. The maximum absolute atomic E-state index is 12.5. The molecule has 1 aliphatic carbocycles. The van der Waals surface area contributed by atoms with Crippen molar-refractivity contribution in [3.8, 4) is 5.75 Å². The molecule has 1 saturated heterocycles. The van der Waals surface area contributed by atoms with E-state index in [1.165, 1.54) is 25.0 Å². The molecule has 8 nitrogen and oxygen atoms in total. The predicted molar refractivity (Wildman–Crippen MR) is 119 cm³/mol. The molecule has 11 heteroatoms. The summed E-state index contributed by atoms with van der Waals surface area (Å²) in [7, 11) is 0. The third-order valence-electron chi connectivity index (χ3n) is 7.67. The van der Waals surface area contributed by atoms with Crippen LogP contribution in [0.25, 0.3) is 0 Å². The lowest BCUT2D eigenvalue weighted by Gasteiger charge is -2.36. The minimum Gasteiger partial charge on any atom is -0.406 e. The standard InChI is InChI=1S/C24H27F3N6O2/c1-14-28-23(35-31-14)32-12-16-4-5-17(13-32)20(16)11-21-29-22-19(3-2-10-33(22)30-21)15-6-8-18(9-7-15)34-24(25,26)27/h6-9,16-17,19-20H,2-5,10-13H2,1H3/t16-,17+,19?,20?. The Hall–Kier alpha value is -3.11. The molecule has 1 aromatic carbocycles. The second-order valence-electron chi connectivity index (χ2n) is 9.92. The molecule has 2 unspecified atom stereocenters. The molecule has 4 heterocycles. The Morgan fingerprint density at radius 3 is 2.46 bits per heavy atom. The number of fused-ring (bicyclic) bond motifs is 3. The smallest absolute Gasteiger partial charge is 0.406 e. The Kier molecular flexibility index (Phi) is 5.45. The fraction of sp³-hybridized carbons (Fsp3) is 0.583. The zero-order valence-electron chi connectivity index (χ0n) is 19.4. The number of aromatic nitrogens is 5. The number of anilines is 1. The van der Waals surface area contributed by atoms with Gasteiger partial charge in [0.25, 0.3) is 0 Å². The van der Waals surface area contributed by atoms with E-state index in [-0.39, 0.29) is 11.7 Å². The van der Waals surface area contributed by atoms with E-state index >= 15 is 0 Å². The summed E-state index contributed by atoms with van der Waals surface area (Å²) in [5.74, 6) is 3.84. The Balaban J connectivity index is 1.17. The van der Waals surface area contributed by atoms with Crippen LogP contribution in [-0.4, -0.2) is 44.4 Å². The van der Waals surface area contributed by atoms with Gasteiger partial charge in [-0.3, -0.25) is 0 Å². The number of aryl methyl sites for hydroxylation is 2. The number of alkyl halides is 3. The van der Waals surface area contributed by atoms with Gasteiger partial charge in [-0.2, -0.15) is 10.1 Å². The summed E-state index contributed by atoms with van der Waals surface area (Å²) in [5.41, 5.74) is 0.933. The van der Waals surface area contributed by atoms with E-state index in [9.17, 15) is 13.2 Å². The van der Waals surface area contributed by atoms with Crippen LogP contribution in [0.2, 0.25) is 0 Å². The Labute approximate surface area is 200 Å². The fourth-order valence-electron chi connectivity index (χ4n) is 6.15. The minimum atomic E-state index is -4.69. The van der Waals surface area contributed by atoms with Gasteiger partial charge in [0, 0.05) is 32.0 Å². The molecule has 2 aromatic heterocycles. The number of rotatable bonds is 5. The first-order valence-electron chi connectivity index (χ1n) is 12.2. The van der Waals surface area contributed by atoms with Crippen molar-refractivity contribution in [2.75, 3.05) is 18.0 Å². The molecule has 0 radical (unpaired) electrons. The average molecular weight is 489 g/mol. The topological polar surface area (TPSA) is 82.1 Å². The van der Waals surface area contributed by atoms with Crippen LogP contribution in [0, 0.1) is 24.7 Å². The quantitative estimate of drug-likeness (QED) is 0.523. The highest BCUT2D eigenvalue weighted by Crippen LogP contribution is 2.44. The second-order valence-corrected chi connectivity index (χ2v) is 9.92. The van der Waals surface area contributed by atoms with Crippen LogP contribution in [0.1, 0.15) is 54.6 Å². The maximum Gasteiger partial charge on any atom is 0.573 e. The summed E-state index contributed by atoms with van der Waals surface area (Å²) in [6.07, 6.45) is 0.362. The van der Waals surface area contributed by atoms with Crippen LogP contribution >= 0.6 is 0 Å². The van der Waals surface area contributed by atoms with Crippen LogP contribution in [0.4, 0.5) is 19.2 Å². The number of piperidine rings is 1. The van der Waals surface area contributed by atoms with E-state index in [1.807, 2.05) is 11.6 Å². The fourth-order valence-corrected chi connectivity index (χ4v) is 6.15. The van der Waals surface area contributed by atoms with E-state index in [4.69, 9.17) is 14.6 Å². The molecule has 2 fully saturated rings. The Morgan fingerprint density at radius 1 is 1.06 bits per heavy atom. The van der Waals surface area contributed by atoms with E-state index in [2.05, 4.69) is 19.8 Å². The van der Waals surface area contributed by atoms with Crippen molar-refractivity contribution in [2.45, 2.75) is 57.9 Å². The van der Waals surface area contributed by atoms with Crippen molar-refractivity contribution < 1.29 is 22.4 Å². The molecular formula is C24H27F3N6O2. The molecule has 0 N–H and O–H groups in total. The first-order valence-corrected chi connectivity index (χ1v) is 12.2. The SMILES string of the molecule is Cc1noc(N2C[C@H]3CC[C@@H](C2)C3Cc2nc3n(n2)CCCC3c2ccc(OC(F)(F)F)cc2)n1. The number of benzene rings is 1. The van der Waals surface area contributed by atoms with Gasteiger partial charge in [-0.15, -0.1) is 13.2 Å². The van der Waals surface area contributed by atoms with Crippen molar-refractivity contribution in [3.05, 3.63) is 47.3 Å². The van der Waals surface area contributed by atoms with E-state index < -0.39 is 6.36 Å².